The van der Waals surface area contributed by atoms with E-state index in [9.17, 15) is 0 Å². The maximum atomic E-state index is 5.55. The van der Waals surface area contributed by atoms with Crippen LogP contribution < -0.4 is 10.1 Å². The molecule has 0 heterocycles. The van der Waals surface area contributed by atoms with Crippen LogP contribution in [0.25, 0.3) is 0 Å². The molecule has 1 aromatic carbocycles. The molecule has 1 aromatic rings. The maximum absolute atomic E-state index is 5.55. The molecular weight excluding hydrogens is 210 g/mol. The maximum Gasteiger partial charge on any atom is 0.122 e. The van der Waals surface area contributed by atoms with Gasteiger partial charge in [0.2, 0.25) is 0 Å². The molecule has 0 aliphatic heterocycles. The summed E-state index contributed by atoms with van der Waals surface area (Å²) in [6, 6.07) is 6.44. The lowest BCUT2D eigenvalue weighted by atomic mass is 9.72. The molecule has 1 unspecified atom stereocenters. The second kappa shape index (κ2) is 4.69. The predicted molar refractivity (Wildman–Crippen MR) is 71.8 cm³/mol. The number of hydrogen-bond donors (Lipinski definition) is 1. The summed E-state index contributed by atoms with van der Waals surface area (Å²) in [4.78, 5) is 0. The first-order chi connectivity index (χ1) is 8.10. The molecule has 94 valence electrons. The van der Waals surface area contributed by atoms with Crippen LogP contribution in [0.3, 0.4) is 0 Å². The first-order valence-corrected chi connectivity index (χ1v) is 6.45. The van der Waals surface area contributed by atoms with E-state index < -0.39 is 0 Å². The van der Waals surface area contributed by atoms with E-state index in [1.54, 1.807) is 7.11 Å². The van der Waals surface area contributed by atoms with Gasteiger partial charge in [0.05, 0.1) is 7.11 Å². The topological polar surface area (TPSA) is 21.3 Å². The second-order valence-electron chi connectivity index (χ2n) is 5.45. The van der Waals surface area contributed by atoms with Crippen molar-refractivity contribution in [1.82, 2.24) is 5.32 Å². The zero-order chi connectivity index (χ0) is 12.5. The van der Waals surface area contributed by atoms with Gasteiger partial charge in [0, 0.05) is 17.0 Å². The standard InChI is InChI=1S/C15H23NO/c1-15(2,16-3)12-9-5-7-11-8-6-10-13(17-4)14(11)12/h6,8,10,12,16H,5,7,9H2,1-4H3. The number of ether oxygens (including phenoxy) is 1. The van der Waals surface area contributed by atoms with Crippen LogP contribution in [0.15, 0.2) is 18.2 Å². The SMILES string of the molecule is CNC(C)(C)C1CCCc2cccc(OC)c21. The summed E-state index contributed by atoms with van der Waals surface area (Å²) in [6.07, 6.45) is 3.69. The van der Waals surface area contributed by atoms with Crippen molar-refractivity contribution in [2.45, 2.75) is 44.6 Å². The number of aryl methyl sites for hydroxylation is 1. The van der Waals surface area contributed by atoms with Gasteiger partial charge in [0.1, 0.15) is 5.75 Å². The molecule has 1 N–H and O–H groups in total. The molecule has 2 heteroatoms. The average Bonchev–Trinajstić information content (AvgIpc) is 2.37. The van der Waals surface area contributed by atoms with Crippen molar-refractivity contribution in [2.75, 3.05) is 14.2 Å². The van der Waals surface area contributed by atoms with Crippen LogP contribution in [-0.2, 0) is 6.42 Å². The van der Waals surface area contributed by atoms with Crippen molar-refractivity contribution >= 4 is 0 Å². The van der Waals surface area contributed by atoms with Gasteiger partial charge in [0.15, 0.2) is 0 Å². The van der Waals surface area contributed by atoms with Gasteiger partial charge in [-0.1, -0.05) is 12.1 Å². The zero-order valence-electron chi connectivity index (χ0n) is 11.3. The van der Waals surface area contributed by atoms with E-state index in [1.165, 1.54) is 30.4 Å². The Bertz CT molecular complexity index is 384. The number of rotatable bonds is 3. The highest BCUT2D eigenvalue weighted by Crippen LogP contribution is 2.43. The summed E-state index contributed by atoms with van der Waals surface area (Å²) in [5.74, 6) is 1.59. The lowest BCUT2D eigenvalue weighted by Crippen LogP contribution is -2.43. The molecular formula is C15H23NO. The molecule has 2 rings (SSSR count). The summed E-state index contributed by atoms with van der Waals surface area (Å²) < 4.78 is 5.55. The number of fused-ring (bicyclic) bond motifs is 1. The van der Waals surface area contributed by atoms with Gasteiger partial charge in [-0.3, -0.25) is 0 Å². The Morgan fingerprint density at radius 2 is 2.12 bits per heavy atom. The minimum atomic E-state index is 0.115. The molecule has 0 saturated heterocycles. The van der Waals surface area contributed by atoms with Crippen LogP contribution in [0.4, 0.5) is 0 Å². The molecule has 1 atom stereocenters. The molecule has 17 heavy (non-hydrogen) atoms. The van der Waals surface area contributed by atoms with E-state index in [1.807, 2.05) is 7.05 Å². The Labute approximate surface area is 104 Å². The van der Waals surface area contributed by atoms with Crippen LogP contribution in [0.5, 0.6) is 5.75 Å². The largest absolute Gasteiger partial charge is 0.496 e. The van der Waals surface area contributed by atoms with Crippen molar-refractivity contribution in [3.63, 3.8) is 0 Å². The van der Waals surface area contributed by atoms with Gasteiger partial charge in [-0.15, -0.1) is 0 Å². The summed E-state index contributed by atoms with van der Waals surface area (Å²) in [7, 11) is 3.82. The molecule has 2 nitrogen and oxygen atoms in total. The molecule has 0 amide bonds. The smallest absolute Gasteiger partial charge is 0.122 e. The lowest BCUT2D eigenvalue weighted by Gasteiger charge is -2.39. The Kier molecular flexibility index (Phi) is 3.43. The van der Waals surface area contributed by atoms with Crippen LogP contribution in [0.2, 0.25) is 0 Å². The van der Waals surface area contributed by atoms with Gasteiger partial charge < -0.3 is 10.1 Å². The third kappa shape index (κ3) is 2.19. The average molecular weight is 233 g/mol. The number of nitrogens with one attached hydrogen (secondary N) is 1. The first kappa shape index (κ1) is 12.4. The van der Waals surface area contributed by atoms with E-state index in [0.717, 1.165) is 5.75 Å². The second-order valence-corrected chi connectivity index (χ2v) is 5.45. The van der Waals surface area contributed by atoms with E-state index in [0.29, 0.717) is 5.92 Å². The van der Waals surface area contributed by atoms with Crippen molar-refractivity contribution in [3.05, 3.63) is 29.3 Å². The van der Waals surface area contributed by atoms with Crippen molar-refractivity contribution in [3.8, 4) is 5.75 Å². The highest BCUT2D eigenvalue weighted by molar-refractivity contribution is 5.45. The third-order valence-electron chi connectivity index (χ3n) is 4.18. The third-order valence-corrected chi connectivity index (χ3v) is 4.18. The molecule has 0 fully saturated rings. The molecule has 0 spiro atoms. The number of benzene rings is 1. The van der Waals surface area contributed by atoms with Crippen LogP contribution in [0, 0.1) is 0 Å². The molecule has 0 bridgehead atoms. The molecule has 1 aliphatic rings. The van der Waals surface area contributed by atoms with Crippen LogP contribution in [-0.4, -0.2) is 19.7 Å². The summed E-state index contributed by atoms with van der Waals surface area (Å²) in [5, 5.41) is 3.45. The minimum absolute atomic E-state index is 0.115. The van der Waals surface area contributed by atoms with Crippen molar-refractivity contribution in [1.29, 1.82) is 0 Å². The monoisotopic (exact) mass is 233 g/mol. The normalized spacial score (nSPS) is 19.9. The van der Waals surface area contributed by atoms with Gasteiger partial charge in [-0.05, 0) is 51.8 Å². The minimum Gasteiger partial charge on any atom is -0.496 e. The highest BCUT2D eigenvalue weighted by Gasteiger charge is 2.34. The van der Waals surface area contributed by atoms with E-state index in [2.05, 4.69) is 37.4 Å². The quantitative estimate of drug-likeness (QED) is 0.866. The van der Waals surface area contributed by atoms with E-state index in [-0.39, 0.29) is 5.54 Å². The molecule has 0 aromatic heterocycles. The highest BCUT2D eigenvalue weighted by atomic mass is 16.5. The Morgan fingerprint density at radius 1 is 1.35 bits per heavy atom. The van der Waals surface area contributed by atoms with E-state index >= 15 is 0 Å². The summed E-state index contributed by atoms with van der Waals surface area (Å²) in [5.41, 5.74) is 2.99. The zero-order valence-corrected chi connectivity index (χ0v) is 11.3. The van der Waals surface area contributed by atoms with Crippen molar-refractivity contribution < 1.29 is 4.74 Å². The van der Waals surface area contributed by atoms with Crippen molar-refractivity contribution in [2.24, 2.45) is 0 Å². The fraction of sp³-hybridized carbons (Fsp3) is 0.600. The number of methoxy groups -OCH3 is 1. The Morgan fingerprint density at radius 3 is 2.76 bits per heavy atom. The molecule has 0 saturated carbocycles. The fourth-order valence-corrected chi connectivity index (χ4v) is 2.92. The van der Waals surface area contributed by atoms with Gasteiger partial charge in [-0.2, -0.15) is 0 Å². The fourth-order valence-electron chi connectivity index (χ4n) is 2.92. The predicted octanol–water partition coefficient (Wildman–Crippen LogP) is 3.11. The number of hydrogen-bond acceptors (Lipinski definition) is 2. The van der Waals surface area contributed by atoms with E-state index in [4.69, 9.17) is 4.74 Å². The van der Waals surface area contributed by atoms with Gasteiger partial charge in [0.25, 0.3) is 0 Å². The molecule has 1 aliphatic carbocycles. The van der Waals surface area contributed by atoms with Crippen LogP contribution >= 0.6 is 0 Å². The number of likely N-dealkylation sites (N-methyl/N-ethyl adjacent to an activating group) is 1. The lowest BCUT2D eigenvalue weighted by molar-refractivity contribution is 0.301. The van der Waals surface area contributed by atoms with Crippen LogP contribution in [0.1, 0.15) is 43.7 Å². The summed E-state index contributed by atoms with van der Waals surface area (Å²) >= 11 is 0. The first-order valence-electron chi connectivity index (χ1n) is 6.45. The van der Waals surface area contributed by atoms with Gasteiger partial charge in [-0.25, -0.2) is 0 Å². The Balaban J connectivity index is 2.49. The summed E-state index contributed by atoms with van der Waals surface area (Å²) in [6.45, 7) is 4.55. The van der Waals surface area contributed by atoms with Gasteiger partial charge >= 0.3 is 0 Å². The molecule has 0 radical (unpaired) electrons. The Hall–Kier alpha value is -1.02.